The Morgan fingerprint density at radius 2 is 1.67 bits per heavy atom. The molecule has 1 heterocycles. The monoisotopic (exact) mass is 354 g/mol. The Labute approximate surface area is 147 Å². The number of ether oxygens (including phenoxy) is 2. The van der Waals surface area contributed by atoms with Crippen LogP contribution in [0.25, 0.3) is 0 Å². The van der Waals surface area contributed by atoms with E-state index in [0.717, 1.165) is 0 Å². The lowest BCUT2D eigenvalue weighted by atomic mass is 10.2. The molecule has 0 aliphatic carbocycles. The van der Waals surface area contributed by atoms with Gasteiger partial charge < -0.3 is 19.3 Å². The highest BCUT2D eigenvalue weighted by molar-refractivity contribution is 6.30. The first-order chi connectivity index (χ1) is 11.5. The maximum absolute atomic E-state index is 12.6. The number of hydrogen-bond donors (Lipinski definition) is 0. The maximum Gasteiger partial charge on any atom is 0.409 e. The molecule has 24 heavy (non-hydrogen) atoms. The zero-order chi connectivity index (χ0) is 17.5. The molecule has 1 aromatic carbocycles. The Morgan fingerprint density at radius 1 is 1.08 bits per heavy atom. The third-order valence-corrected chi connectivity index (χ3v) is 4.11. The van der Waals surface area contributed by atoms with E-state index in [2.05, 4.69) is 0 Å². The molecule has 1 aliphatic rings. The van der Waals surface area contributed by atoms with Crippen molar-refractivity contribution in [3.63, 3.8) is 0 Å². The zero-order valence-electron chi connectivity index (χ0n) is 14.0. The van der Waals surface area contributed by atoms with E-state index in [1.807, 2.05) is 6.92 Å². The van der Waals surface area contributed by atoms with Crippen molar-refractivity contribution in [3.8, 4) is 5.75 Å². The predicted molar refractivity (Wildman–Crippen MR) is 91.3 cm³/mol. The van der Waals surface area contributed by atoms with E-state index in [1.54, 1.807) is 41.0 Å². The molecular formula is C17H23ClN2O4. The van der Waals surface area contributed by atoms with Crippen LogP contribution in [0.4, 0.5) is 4.79 Å². The van der Waals surface area contributed by atoms with Crippen LogP contribution in [0.1, 0.15) is 20.3 Å². The molecule has 1 atom stereocenters. The molecule has 0 saturated carbocycles. The summed E-state index contributed by atoms with van der Waals surface area (Å²) in [5, 5.41) is 0.622. The van der Waals surface area contributed by atoms with Crippen molar-refractivity contribution in [1.82, 2.24) is 9.80 Å². The standard InChI is InChI=1S/C17H23ClN2O4/c1-3-15(24-14-7-5-13(18)6-8-14)16(21)19-9-11-20(12-10-19)17(22)23-4-2/h5-8,15H,3-4,9-12H2,1-2H3/t15-/m0/s1. The van der Waals surface area contributed by atoms with Crippen LogP contribution in [0.5, 0.6) is 5.75 Å². The van der Waals surface area contributed by atoms with Gasteiger partial charge in [-0.25, -0.2) is 4.79 Å². The van der Waals surface area contributed by atoms with E-state index in [-0.39, 0.29) is 12.0 Å². The number of carbonyl (C=O) groups is 2. The molecule has 1 fully saturated rings. The summed E-state index contributed by atoms with van der Waals surface area (Å²) in [5.74, 6) is 0.556. The van der Waals surface area contributed by atoms with Crippen molar-refractivity contribution in [2.75, 3.05) is 32.8 Å². The third kappa shape index (κ3) is 4.77. The predicted octanol–water partition coefficient (Wildman–Crippen LogP) is 2.80. The van der Waals surface area contributed by atoms with Crippen molar-refractivity contribution in [3.05, 3.63) is 29.3 Å². The lowest BCUT2D eigenvalue weighted by Crippen LogP contribution is -2.53. The van der Waals surface area contributed by atoms with Crippen LogP contribution >= 0.6 is 11.6 Å². The van der Waals surface area contributed by atoms with Gasteiger partial charge in [0.05, 0.1) is 6.61 Å². The highest BCUT2D eigenvalue weighted by Gasteiger charge is 2.29. The molecule has 0 unspecified atom stereocenters. The molecule has 0 spiro atoms. The minimum atomic E-state index is -0.541. The van der Waals surface area contributed by atoms with E-state index in [0.29, 0.717) is 50.0 Å². The quantitative estimate of drug-likeness (QED) is 0.815. The number of halogens is 1. The van der Waals surface area contributed by atoms with Gasteiger partial charge in [-0.15, -0.1) is 0 Å². The maximum atomic E-state index is 12.6. The van der Waals surface area contributed by atoms with Crippen molar-refractivity contribution in [2.45, 2.75) is 26.4 Å². The molecule has 0 radical (unpaired) electrons. The van der Waals surface area contributed by atoms with Gasteiger partial charge in [-0.3, -0.25) is 4.79 Å². The summed E-state index contributed by atoms with van der Waals surface area (Å²) in [4.78, 5) is 27.7. The molecule has 6 nitrogen and oxygen atoms in total. The molecule has 132 valence electrons. The van der Waals surface area contributed by atoms with Crippen molar-refractivity contribution in [1.29, 1.82) is 0 Å². The number of piperazine rings is 1. The summed E-state index contributed by atoms with van der Waals surface area (Å²) >= 11 is 5.85. The van der Waals surface area contributed by atoms with Crippen LogP contribution in [0.2, 0.25) is 5.02 Å². The van der Waals surface area contributed by atoms with Crippen LogP contribution in [-0.4, -0.2) is 60.7 Å². The highest BCUT2D eigenvalue weighted by atomic mass is 35.5. The lowest BCUT2D eigenvalue weighted by molar-refractivity contribution is -0.140. The fourth-order valence-corrected chi connectivity index (χ4v) is 2.64. The average molecular weight is 355 g/mol. The first-order valence-electron chi connectivity index (χ1n) is 8.17. The Morgan fingerprint density at radius 3 is 2.21 bits per heavy atom. The van der Waals surface area contributed by atoms with E-state index in [4.69, 9.17) is 21.1 Å². The number of benzene rings is 1. The summed E-state index contributed by atoms with van der Waals surface area (Å²) in [5.41, 5.74) is 0. The fourth-order valence-electron chi connectivity index (χ4n) is 2.51. The van der Waals surface area contributed by atoms with Crippen LogP contribution in [-0.2, 0) is 9.53 Å². The van der Waals surface area contributed by atoms with Crippen LogP contribution in [0.15, 0.2) is 24.3 Å². The fraction of sp³-hybridized carbons (Fsp3) is 0.529. The normalized spacial score (nSPS) is 15.8. The number of amides is 2. The third-order valence-electron chi connectivity index (χ3n) is 3.86. The molecule has 1 aliphatic heterocycles. The highest BCUT2D eigenvalue weighted by Crippen LogP contribution is 2.19. The van der Waals surface area contributed by atoms with Gasteiger partial charge in [0.2, 0.25) is 0 Å². The summed E-state index contributed by atoms with van der Waals surface area (Å²) in [6.45, 7) is 5.95. The first kappa shape index (κ1) is 18.4. The number of nitrogens with zero attached hydrogens (tertiary/aromatic N) is 2. The first-order valence-corrected chi connectivity index (χ1v) is 8.55. The van der Waals surface area contributed by atoms with E-state index < -0.39 is 6.10 Å². The Kier molecular flexibility index (Phi) is 6.73. The molecule has 0 bridgehead atoms. The van der Waals surface area contributed by atoms with Gasteiger partial charge >= 0.3 is 6.09 Å². The molecule has 2 rings (SSSR count). The van der Waals surface area contributed by atoms with Gasteiger partial charge in [-0.1, -0.05) is 18.5 Å². The number of carbonyl (C=O) groups excluding carboxylic acids is 2. The molecular weight excluding hydrogens is 332 g/mol. The van der Waals surface area contributed by atoms with Crippen LogP contribution < -0.4 is 4.74 Å². The minimum Gasteiger partial charge on any atom is -0.481 e. The lowest BCUT2D eigenvalue weighted by Gasteiger charge is -2.35. The Hall–Kier alpha value is -1.95. The Balaban J connectivity index is 1.90. The molecule has 1 aromatic rings. The molecule has 0 N–H and O–H groups in total. The van der Waals surface area contributed by atoms with Gasteiger partial charge in [0.1, 0.15) is 5.75 Å². The van der Waals surface area contributed by atoms with Crippen molar-refractivity contribution < 1.29 is 19.1 Å². The smallest absolute Gasteiger partial charge is 0.409 e. The molecule has 1 saturated heterocycles. The van der Waals surface area contributed by atoms with Gasteiger partial charge in [-0.05, 0) is 37.6 Å². The van der Waals surface area contributed by atoms with Gasteiger partial charge in [-0.2, -0.15) is 0 Å². The molecule has 2 amide bonds. The summed E-state index contributed by atoms with van der Waals surface area (Å²) < 4.78 is 10.8. The zero-order valence-corrected chi connectivity index (χ0v) is 14.8. The topological polar surface area (TPSA) is 59.1 Å². The second kappa shape index (κ2) is 8.78. The van der Waals surface area contributed by atoms with Crippen LogP contribution in [0.3, 0.4) is 0 Å². The number of rotatable bonds is 5. The Bertz CT molecular complexity index is 556. The summed E-state index contributed by atoms with van der Waals surface area (Å²) in [6, 6.07) is 6.95. The van der Waals surface area contributed by atoms with Gasteiger partial charge in [0.15, 0.2) is 6.10 Å². The second-order valence-electron chi connectivity index (χ2n) is 5.48. The summed E-state index contributed by atoms with van der Waals surface area (Å²) in [7, 11) is 0. The van der Waals surface area contributed by atoms with Crippen molar-refractivity contribution in [2.24, 2.45) is 0 Å². The SMILES string of the molecule is CCOC(=O)N1CCN(C(=O)[C@H](CC)Oc2ccc(Cl)cc2)CC1. The summed E-state index contributed by atoms with van der Waals surface area (Å²) in [6.07, 6.45) is -0.297. The van der Waals surface area contributed by atoms with E-state index >= 15 is 0 Å². The van der Waals surface area contributed by atoms with Crippen LogP contribution in [0, 0.1) is 0 Å². The van der Waals surface area contributed by atoms with E-state index in [9.17, 15) is 9.59 Å². The second-order valence-corrected chi connectivity index (χ2v) is 5.92. The van der Waals surface area contributed by atoms with E-state index in [1.165, 1.54) is 0 Å². The average Bonchev–Trinajstić information content (AvgIpc) is 2.61. The molecule has 0 aromatic heterocycles. The number of hydrogen-bond acceptors (Lipinski definition) is 4. The minimum absolute atomic E-state index is 0.0593. The molecule has 7 heteroatoms. The van der Waals surface area contributed by atoms with Gasteiger partial charge in [0, 0.05) is 31.2 Å². The largest absolute Gasteiger partial charge is 0.481 e. The van der Waals surface area contributed by atoms with Gasteiger partial charge in [0.25, 0.3) is 5.91 Å². The van der Waals surface area contributed by atoms with Crippen molar-refractivity contribution >= 4 is 23.6 Å².